The van der Waals surface area contributed by atoms with Crippen LogP contribution >= 0.6 is 0 Å². The SMILES string of the molecule is CN(c1ccccc1Nc1cc(Cc2cc3c(cn2)COC3)nc2[nH]n(C)c(=O)c12)S(C)(=O)=O. The van der Waals surface area contributed by atoms with Gasteiger partial charge in [-0.15, -0.1) is 0 Å². The van der Waals surface area contributed by atoms with Crippen molar-refractivity contribution < 1.29 is 13.2 Å². The number of hydrogen-bond acceptors (Lipinski definition) is 7. The maximum atomic E-state index is 12.8. The maximum absolute atomic E-state index is 12.8. The van der Waals surface area contributed by atoms with Crippen molar-refractivity contribution in [3.05, 3.63) is 75.5 Å². The van der Waals surface area contributed by atoms with E-state index in [1.54, 1.807) is 37.4 Å². The minimum atomic E-state index is -3.48. The van der Waals surface area contributed by atoms with Gasteiger partial charge in [-0.3, -0.25) is 23.9 Å². The molecule has 5 rings (SSSR count). The molecular weight excluding hydrogens is 456 g/mol. The summed E-state index contributed by atoms with van der Waals surface area (Å²) in [6, 6.07) is 10.9. The average Bonchev–Trinajstić information content (AvgIpc) is 3.36. The van der Waals surface area contributed by atoms with Crippen LogP contribution in [0.4, 0.5) is 17.1 Å². The topological polar surface area (TPSA) is 122 Å². The molecule has 4 heterocycles. The lowest BCUT2D eigenvalue weighted by Gasteiger charge is -2.21. The van der Waals surface area contributed by atoms with Crippen molar-refractivity contribution in [1.82, 2.24) is 19.7 Å². The summed E-state index contributed by atoms with van der Waals surface area (Å²) in [6.07, 6.45) is 3.43. The Morgan fingerprint density at radius 2 is 1.91 bits per heavy atom. The summed E-state index contributed by atoms with van der Waals surface area (Å²) in [4.78, 5) is 22.0. The van der Waals surface area contributed by atoms with E-state index in [9.17, 15) is 13.2 Å². The van der Waals surface area contributed by atoms with Gasteiger partial charge in [0.05, 0.1) is 42.2 Å². The van der Waals surface area contributed by atoms with Crippen molar-refractivity contribution in [1.29, 1.82) is 0 Å². The van der Waals surface area contributed by atoms with Gasteiger partial charge in [0.2, 0.25) is 10.0 Å². The van der Waals surface area contributed by atoms with Gasteiger partial charge in [-0.25, -0.2) is 13.4 Å². The van der Waals surface area contributed by atoms with Crippen LogP contribution in [0.2, 0.25) is 0 Å². The van der Waals surface area contributed by atoms with Crippen molar-refractivity contribution in [2.45, 2.75) is 19.6 Å². The van der Waals surface area contributed by atoms with Crippen molar-refractivity contribution in [3.8, 4) is 0 Å². The molecule has 0 aliphatic carbocycles. The van der Waals surface area contributed by atoms with Gasteiger partial charge >= 0.3 is 0 Å². The number of anilines is 3. The van der Waals surface area contributed by atoms with Gasteiger partial charge in [-0.05, 0) is 29.8 Å². The Bertz CT molecular complexity index is 1570. The molecule has 0 saturated heterocycles. The van der Waals surface area contributed by atoms with Crippen LogP contribution in [0.25, 0.3) is 11.0 Å². The number of aromatic amines is 1. The second-order valence-electron chi connectivity index (χ2n) is 8.35. The van der Waals surface area contributed by atoms with Gasteiger partial charge in [0.25, 0.3) is 5.56 Å². The summed E-state index contributed by atoms with van der Waals surface area (Å²) in [6.45, 7) is 1.15. The summed E-state index contributed by atoms with van der Waals surface area (Å²) in [5, 5.41) is 6.65. The Labute approximate surface area is 196 Å². The van der Waals surface area contributed by atoms with E-state index < -0.39 is 10.0 Å². The van der Waals surface area contributed by atoms with Gasteiger partial charge in [-0.2, -0.15) is 0 Å². The van der Waals surface area contributed by atoms with E-state index in [1.165, 1.54) is 16.0 Å². The molecule has 176 valence electrons. The van der Waals surface area contributed by atoms with Crippen LogP contribution in [0.1, 0.15) is 22.5 Å². The van der Waals surface area contributed by atoms with Crippen molar-refractivity contribution in [3.63, 3.8) is 0 Å². The molecule has 1 aliphatic heterocycles. The molecule has 0 radical (unpaired) electrons. The van der Waals surface area contributed by atoms with E-state index >= 15 is 0 Å². The molecule has 10 nitrogen and oxygen atoms in total. The van der Waals surface area contributed by atoms with Gasteiger partial charge in [0.15, 0.2) is 5.65 Å². The molecule has 0 fully saturated rings. The number of nitrogens with one attached hydrogen (secondary N) is 2. The van der Waals surface area contributed by atoms with Crippen molar-refractivity contribution in [2.75, 3.05) is 22.9 Å². The summed E-state index contributed by atoms with van der Waals surface area (Å²) in [7, 11) is -0.367. The standard InChI is InChI=1S/C23H24N6O4S/c1-28-23(30)21-19(26-18-6-4-5-7-20(18)29(2)34(3,31)32)10-17(25-22(21)27-28)9-16-8-14-12-33-13-15(14)11-24-16/h4-8,10-11H,9,12-13H2,1-3H3,(H2,25,26,27). The van der Waals surface area contributed by atoms with Gasteiger partial charge in [-0.1, -0.05) is 12.1 Å². The summed E-state index contributed by atoms with van der Waals surface area (Å²) < 4.78 is 32.4. The third kappa shape index (κ3) is 4.03. The molecule has 0 atom stereocenters. The number of ether oxygens (including phenoxy) is 1. The number of rotatable bonds is 6. The summed E-state index contributed by atoms with van der Waals surface area (Å²) in [5.74, 6) is 0. The molecule has 34 heavy (non-hydrogen) atoms. The summed E-state index contributed by atoms with van der Waals surface area (Å²) >= 11 is 0. The number of hydrogen-bond donors (Lipinski definition) is 2. The number of fused-ring (bicyclic) bond motifs is 2. The van der Waals surface area contributed by atoms with Crippen molar-refractivity contribution in [2.24, 2.45) is 7.05 Å². The number of H-pyrrole nitrogens is 1. The molecule has 0 spiro atoms. The monoisotopic (exact) mass is 480 g/mol. The first-order valence-corrected chi connectivity index (χ1v) is 12.5. The first kappa shape index (κ1) is 22.1. The van der Waals surface area contributed by atoms with Crippen molar-refractivity contribution >= 4 is 38.1 Å². The first-order valence-electron chi connectivity index (χ1n) is 10.6. The molecule has 1 aliphatic rings. The predicted molar refractivity (Wildman–Crippen MR) is 130 cm³/mol. The zero-order valence-corrected chi connectivity index (χ0v) is 19.8. The Kier molecular flexibility index (Phi) is 5.37. The molecule has 0 bridgehead atoms. The third-order valence-corrected chi connectivity index (χ3v) is 7.08. The smallest absolute Gasteiger partial charge is 0.277 e. The number of aromatic nitrogens is 4. The van der Waals surface area contributed by atoms with Crippen LogP contribution in [-0.2, 0) is 41.4 Å². The number of sulfonamides is 1. The van der Waals surface area contributed by atoms with Gasteiger partial charge in [0, 0.05) is 38.0 Å². The van der Waals surface area contributed by atoms with Gasteiger partial charge in [0.1, 0.15) is 5.39 Å². The maximum Gasteiger partial charge on any atom is 0.277 e. The number of benzene rings is 1. The highest BCUT2D eigenvalue weighted by atomic mass is 32.2. The van der Waals surface area contributed by atoms with Crippen LogP contribution in [-0.4, -0.2) is 41.5 Å². The van der Waals surface area contributed by atoms with Crippen LogP contribution in [0, 0.1) is 0 Å². The largest absolute Gasteiger partial charge is 0.372 e. The number of para-hydroxylation sites is 2. The van der Waals surface area contributed by atoms with E-state index in [0.717, 1.165) is 23.1 Å². The highest BCUT2D eigenvalue weighted by molar-refractivity contribution is 7.92. The highest BCUT2D eigenvalue weighted by Crippen LogP contribution is 2.32. The zero-order valence-electron chi connectivity index (χ0n) is 19.0. The highest BCUT2D eigenvalue weighted by Gasteiger charge is 2.19. The van der Waals surface area contributed by atoms with E-state index in [-0.39, 0.29) is 5.56 Å². The molecular formula is C23H24N6O4S. The van der Waals surface area contributed by atoms with Gasteiger partial charge < -0.3 is 10.1 Å². The number of aryl methyl sites for hydroxylation is 1. The molecule has 0 unspecified atom stereocenters. The summed E-state index contributed by atoms with van der Waals surface area (Å²) in [5.41, 5.74) is 5.50. The lowest BCUT2D eigenvalue weighted by atomic mass is 10.1. The minimum absolute atomic E-state index is 0.238. The van der Waals surface area contributed by atoms with E-state index in [4.69, 9.17) is 4.74 Å². The first-order chi connectivity index (χ1) is 16.2. The fourth-order valence-electron chi connectivity index (χ4n) is 4.03. The average molecular weight is 481 g/mol. The molecule has 2 N–H and O–H groups in total. The lowest BCUT2D eigenvalue weighted by Crippen LogP contribution is -2.25. The Morgan fingerprint density at radius 3 is 2.71 bits per heavy atom. The van der Waals surface area contributed by atoms with Crippen LogP contribution in [0.3, 0.4) is 0 Å². The molecule has 11 heteroatoms. The minimum Gasteiger partial charge on any atom is -0.372 e. The number of pyridine rings is 2. The predicted octanol–water partition coefficient (Wildman–Crippen LogP) is 2.42. The fraction of sp³-hybridized carbons (Fsp3) is 0.261. The Balaban J connectivity index is 1.58. The molecule has 0 amide bonds. The van der Waals surface area contributed by atoms with Crippen LogP contribution < -0.4 is 15.2 Å². The molecule has 0 saturated carbocycles. The molecule has 3 aromatic heterocycles. The normalized spacial score (nSPS) is 13.3. The molecule has 4 aromatic rings. The third-order valence-electron chi connectivity index (χ3n) is 5.89. The van der Waals surface area contributed by atoms with E-state index in [2.05, 4.69) is 20.4 Å². The molecule has 1 aromatic carbocycles. The Hall–Kier alpha value is -3.70. The van der Waals surface area contributed by atoms with E-state index in [1.807, 2.05) is 12.3 Å². The Morgan fingerprint density at radius 1 is 1.15 bits per heavy atom. The van der Waals surface area contributed by atoms with E-state index in [0.29, 0.717) is 53.4 Å². The quantitative estimate of drug-likeness (QED) is 0.435. The van der Waals surface area contributed by atoms with Crippen LogP contribution in [0.5, 0.6) is 0 Å². The lowest BCUT2D eigenvalue weighted by molar-refractivity contribution is 0.134. The zero-order chi connectivity index (χ0) is 24.0. The fourth-order valence-corrected chi connectivity index (χ4v) is 4.55. The van der Waals surface area contributed by atoms with Crippen LogP contribution in [0.15, 0.2) is 47.4 Å². The second-order valence-corrected chi connectivity index (χ2v) is 10.4. The second kappa shape index (κ2) is 8.26. The number of nitrogens with zero attached hydrogens (tertiary/aromatic N) is 4.